The molecule has 9 heteroatoms. The molecule has 7 nitrogen and oxygen atoms in total. The number of phenols is 1. The molecule has 1 N–H and O–H groups in total. The van der Waals surface area contributed by atoms with Crippen LogP contribution in [0.25, 0.3) is 0 Å². The minimum atomic E-state index is -0.206. The number of phenolic OH excluding ortho intramolecular Hbond substituents is 1. The highest BCUT2D eigenvalue weighted by Crippen LogP contribution is 2.57. The maximum absolute atomic E-state index is 10.4. The van der Waals surface area contributed by atoms with Crippen molar-refractivity contribution in [2.45, 2.75) is 12.0 Å². The summed E-state index contributed by atoms with van der Waals surface area (Å²) in [5.41, 5.74) is 2.94. The van der Waals surface area contributed by atoms with Gasteiger partial charge in [0.1, 0.15) is 6.10 Å². The number of aromatic hydroxyl groups is 1. The molecule has 0 spiro atoms. The number of hydrogen-bond acceptors (Lipinski definition) is 9. The molecule has 0 saturated carbocycles. The number of rotatable bonds is 5. The summed E-state index contributed by atoms with van der Waals surface area (Å²) < 4.78 is 34.1. The number of ether oxygens (including phenoxy) is 5. The van der Waals surface area contributed by atoms with E-state index in [9.17, 15) is 5.11 Å². The molecule has 0 radical (unpaired) electrons. The van der Waals surface area contributed by atoms with Gasteiger partial charge in [-0.2, -0.15) is 0 Å². The van der Waals surface area contributed by atoms with Crippen LogP contribution in [0.2, 0.25) is 0 Å². The molecule has 1 aliphatic carbocycles. The van der Waals surface area contributed by atoms with Crippen LogP contribution >= 0.6 is 24.3 Å². The summed E-state index contributed by atoms with van der Waals surface area (Å²) in [5, 5.41) is 11.0. The van der Waals surface area contributed by atoms with Gasteiger partial charge in [-0.3, -0.25) is 0 Å². The fourth-order valence-corrected chi connectivity index (χ4v) is 5.66. The Kier molecular flexibility index (Phi) is 5.27. The van der Waals surface area contributed by atoms with Crippen molar-refractivity contribution in [3.63, 3.8) is 0 Å². The molecule has 1 saturated heterocycles. The smallest absolute Gasteiger partial charge is 0.231 e. The normalized spacial score (nSPS) is 25.6. The quantitative estimate of drug-likeness (QED) is 0.519. The fraction of sp³-hybridized carbons (Fsp3) is 0.409. The van der Waals surface area contributed by atoms with E-state index in [4.69, 9.17) is 40.1 Å². The van der Waals surface area contributed by atoms with Crippen LogP contribution in [0.3, 0.4) is 0 Å². The lowest BCUT2D eigenvalue weighted by Gasteiger charge is -2.39. The molecule has 31 heavy (non-hydrogen) atoms. The zero-order chi connectivity index (χ0) is 21.7. The first-order chi connectivity index (χ1) is 15.1. The first-order valence-electron chi connectivity index (χ1n) is 9.81. The van der Waals surface area contributed by atoms with Gasteiger partial charge in [0.15, 0.2) is 28.0 Å². The van der Waals surface area contributed by atoms with E-state index in [1.54, 1.807) is 0 Å². The molecule has 2 aliphatic heterocycles. The van der Waals surface area contributed by atoms with Crippen LogP contribution in [-0.4, -0.2) is 44.0 Å². The lowest BCUT2D eigenvalue weighted by atomic mass is 9.66. The summed E-state index contributed by atoms with van der Waals surface area (Å²) >= 11 is 6.98. The minimum Gasteiger partial charge on any atom is -0.502 e. The van der Waals surface area contributed by atoms with E-state index < -0.39 is 0 Å². The van der Waals surface area contributed by atoms with Crippen molar-refractivity contribution < 1.29 is 33.0 Å². The maximum Gasteiger partial charge on any atom is 0.231 e. The van der Waals surface area contributed by atoms with Gasteiger partial charge in [0.25, 0.3) is 0 Å². The van der Waals surface area contributed by atoms with Crippen molar-refractivity contribution >= 4 is 29.3 Å². The van der Waals surface area contributed by atoms with E-state index in [0.29, 0.717) is 34.7 Å². The molecule has 2 aromatic rings. The topological polar surface area (TPSA) is 75.6 Å². The van der Waals surface area contributed by atoms with E-state index in [0.717, 1.165) is 16.7 Å². The Hall–Kier alpha value is -2.36. The van der Waals surface area contributed by atoms with Crippen molar-refractivity contribution in [1.82, 2.24) is 0 Å². The number of methoxy groups -OCH3 is 2. The SMILES string of the molecule is COc1cc([C@@H]2c3cc4c(cc3[C@@H](OSC)[C@H]3COC(=S)[C@H]23)OCO4)cc(OC)c1O. The Balaban J connectivity index is 1.75. The zero-order valence-corrected chi connectivity index (χ0v) is 18.9. The number of benzene rings is 2. The lowest BCUT2D eigenvalue weighted by Crippen LogP contribution is -2.34. The van der Waals surface area contributed by atoms with Gasteiger partial charge in [-0.05, 0) is 65.2 Å². The first kappa shape index (κ1) is 20.5. The third-order valence-corrected chi connectivity index (χ3v) is 6.97. The van der Waals surface area contributed by atoms with E-state index >= 15 is 0 Å². The van der Waals surface area contributed by atoms with Gasteiger partial charge in [-0.25, -0.2) is 0 Å². The summed E-state index contributed by atoms with van der Waals surface area (Å²) in [7, 11) is 3.03. The molecule has 4 atom stereocenters. The van der Waals surface area contributed by atoms with E-state index in [-0.39, 0.29) is 36.4 Å². The second-order valence-corrected chi connectivity index (χ2v) is 8.52. The molecule has 2 aromatic carbocycles. The van der Waals surface area contributed by atoms with Gasteiger partial charge in [0, 0.05) is 24.0 Å². The Morgan fingerprint density at radius 2 is 1.65 bits per heavy atom. The summed E-state index contributed by atoms with van der Waals surface area (Å²) in [6.07, 6.45) is 1.69. The van der Waals surface area contributed by atoms with Gasteiger partial charge in [0.05, 0.1) is 20.8 Å². The highest BCUT2D eigenvalue weighted by atomic mass is 32.2. The monoisotopic (exact) mass is 462 g/mol. The van der Waals surface area contributed by atoms with Gasteiger partial charge in [0.2, 0.25) is 12.5 Å². The maximum atomic E-state index is 10.4. The molecule has 0 aromatic heterocycles. The van der Waals surface area contributed by atoms with Crippen LogP contribution < -0.4 is 18.9 Å². The largest absolute Gasteiger partial charge is 0.502 e. The van der Waals surface area contributed by atoms with Crippen LogP contribution in [0.5, 0.6) is 28.7 Å². The summed E-state index contributed by atoms with van der Waals surface area (Å²) in [6, 6.07) is 7.65. The summed E-state index contributed by atoms with van der Waals surface area (Å²) in [4.78, 5) is 0. The van der Waals surface area contributed by atoms with Crippen LogP contribution in [-0.2, 0) is 8.92 Å². The number of thiocarbonyl (C=S) groups is 1. The van der Waals surface area contributed by atoms with Gasteiger partial charge in [-0.15, -0.1) is 0 Å². The Bertz CT molecular complexity index is 1020. The standard InChI is InChI=1S/C22H22O7S2/c1-24-16-4-10(5-17(25-2)20(16)23)18-11-6-14-15(28-9-27-14)7-12(11)21(29-31-3)13-8-26-22(30)19(13)18/h4-7,13,18-19,21,23H,8-9H2,1-3H3/t13-,18+,19-,21+/m0/s1. The molecular formula is C22H22O7S2. The first-order valence-corrected chi connectivity index (χ1v) is 11.4. The van der Waals surface area contributed by atoms with E-state index in [1.165, 1.54) is 26.3 Å². The minimum absolute atomic E-state index is 0.0311. The second kappa shape index (κ2) is 7.96. The molecule has 0 bridgehead atoms. The van der Waals surface area contributed by atoms with E-state index in [2.05, 4.69) is 0 Å². The van der Waals surface area contributed by atoms with Gasteiger partial charge >= 0.3 is 0 Å². The van der Waals surface area contributed by atoms with Gasteiger partial charge in [-0.1, -0.05) is 0 Å². The molecule has 1 fully saturated rings. The zero-order valence-electron chi connectivity index (χ0n) is 17.2. The van der Waals surface area contributed by atoms with E-state index in [1.807, 2.05) is 30.5 Å². The van der Waals surface area contributed by atoms with Gasteiger partial charge < -0.3 is 33.0 Å². The Morgan fingerprint density at radius 1 is 1.00 bits per heavy atom. The van der Waals surface area contributed by atoms with Crippen molar-refractivity contribution in [1.29, 1.82) is 0 Å². The fourth-order valence-electron chi connectivity index (χ4n) is 4.83. The predicted molar refractivity (Wildman–Crippen MR) is 118 cm³/mol. The number of hydrogen-bond donors (Lipinski definition) is 1. The van der Waals surface area contributed by atoms with Crippen molar-refractivity contribution in [3.8, 4) is 28.7 Å². The average molecular weight is 463 g/mol. The number of fused-ring (bicyclic) bond motifs is 3. The van der Waals surface area contributed by atoms with Crippen LogP contribution in [0.1, 0.15) is 28.7 Å². The highest BCUT2D eigenvalue weighted by molar-refractivity contribution is 7.93. The second-order valence-electron chi connectivity index (χ2n) is 7.59. The molecule has 3 aliphatic rings. The van der Waals surface area contributed by atoms with Crippen molar-refractivity contribution in [2.24, 2.45) is 11.8 Å². The highest BCUT2D eigenvalue weighted by Gasteiger charge is 2.51. The molecular weight excluding hydrogens is 440 g/mol. The Morgan fingerprint density at radius 3 is 2.26 bits per heavy atom. The molecule has 164 valence electrons. The molecule has 2 heterocycles. The lowest BCUT2D eigenvalue weighted by molar-refractivity contribution is 0.111. The third-order valence-electron chi connectivity index (χ3n) is 6.18. The molecule has 0 unspecified atom stereocenters. The average Bonchev–Trinajstić information content (AvgIpc) is 3.39. The van der Waals surface area contributed by atoms with Crippen molar-refractivity contribution in [3.05, 3.63) is 41.0 Å². The summed E-state index contributed by atoms with van der Waals surface area (Å²) in [5.74, 6) is 1.79. The molecule has 0 amide bonds. The third kappa shape index (κ3) is 3.18. The van der Waals surface area contributed by atoms with Crippen LogP contribution in [0.15, 0.2) is 24.3 Å². The predicted octanol–water partition coefficient (Wildman–Crippen LogP) is 4.21. The molecule has 5 rings (SSSR count). The van der Waals surface area contributed by atoms with Crippen molar-refractivity contribution in [2.75, 3.05) is 33.9 Å². The Labute approximate surface area is 189 Å². The summed E-state index contributed by atoms with van der Waals surface area (Å²) in [6.45, 7) is 0.664. The van der Waals surface area contributed by atoms with Crippen LogP contribution in [0, 0.1) is 11.8 Å². The van der Waals surface area contributed by atoms with Crippen LogP contribution in [0.4, 0.5) is 0 Å².